The van der Waals surface area contributed by atoms with Crippen molar-refractivity contribution in [3.05, 3.63) is 47.3 Å². The number of amides is 1. The van der Waals surface area contributed by atoms with Gasteiger partial charge in [-0.05, 0) is 48.4 Å². The van der Waals surface area contributed by atoms with Crippen molar-refractivity contribution in [1.82, 2.24) is 5.32 Å². The summed E-state index contributed by atoms with van der Waals surface area (Å²) in [5, 5.41) is 4.74. The molecule has 0 spiro atoms. The zero-order valence-corrected chi connectivity index (χ0v) is 15.8. The molecular weight excluding hydrogens is 356 g/mol. The number of thiophene rings is 1. The lowest BCUT2D eigenvalue weighted by molar-refractivity contribution is -0.123. The number of nitrogens with one attached hydrogen (secondary N) is 2. The number of unbranched alkanes of at least 4 members (excludes halogenated alkanes) is 1. The molecule has 7 heteroatoms. The second kappa shape index (κ2) is 7.17. The van der Waals surface area contributed by atoms with Gasteiger partial charge >= 0.3 is 0 Å². The second-order valence-electron chi connectivity index (χ2n) is 6.31. The number of carbonyl (C=O) groups is 1. The third-order valence-corrected chi connectivity index (χ3v) is 7.23. The van der Waals surface area contributed by atoms with Gasteiger partial charge in [0.2, 0.25) is 5.91 Å². The molecule has 1 amide bonds. The van der Waals surface area contributed by atoms with Crippen LogP contribution in [-0.4, -0.2) is 20.9 Å². The van der Waals surface area contributed by atoms with Crippen molar-refractivity contribution in [2.45, 2.75) is 42.2 Å². The second-order valence-corrected chi connectivity index (χ2v) is 9.16. The fourth-order valence-corrected chi connectivity index (χ4v) is 4.85. The highest BCUT2D eigenvalue weighted by Crippen LogP contribution is 2.48. The fraction of sp³-hybridized carbons (Fsp3) is 0.389. The summed E-state index contributed by atoms with van der Waals surface area (Å²) in [6.07, 6.45) is 3.70. The summed E-state index contributed by atoms with van der Waals surface area (Å²) < 4.78 is 27.3. The Bertz CT molecular complexity index is 824. The number of benzene rings is 1. The van der Waals surface area contributed by atoms with Crippen LogP contribution in [0.5, 0.6) is 0 Å². The predicted molar refractivity (Wildman–Crippen MR) is 100 cm³/mol. The molecule has 1 aliphatic carbocycles. The number of sulfonamides is 1. The monoisotopic (exact) mass is 378 g/mol. The maximum Gasteiger partial charge on any atom is 0.271 e. The molecule has 3 rings (SSSR count). The van der Waals surface area contributed by atoms with E-state index in [1.54, 1.807) is 29.6 Å². The SMILES string of the molecule is CCCCNC(=O)C1(c2ccc(NS(=O)(=O)c3cccs3)cc2)CC1. The molecule has 1 heterocycles. The largest absolute Gasteiger partial charge is 0.355 e. The van der Waals surface area contributed by atoms with E-state index in [0.717, 1.165) is 31.2 Å². The molecule has 1 aromatic heterocycles. The van der Waals surface area contributed by atoms with Gasteiger partial charge in [-0.2, -0.15) is 0 Å². The molecule has 5 nitrogen and oxygen atoms in total. The van der Waals surface area contributed by atoms with Gasteiger partial charge in [0.25, 0.3) is 10.0 Å². The van der Waals surface area contributed by atoms with Crippen LogP contribution >= 0.6 is 11.3 Å². The standard InChI is InChI=1S/C18H22N2O3S2/c1-2-3-12-19-17(21)18(10-11-18)14-6-8-15(9-7-14)20-25(22,23)16-5-4-13-24-16/h4-9,13,20H,2-3,10-12H2,1H3,(H,19,21). The van der Waals surface area contributed by atoms with Crippen molar-refractivity contribution in [3.8, 4) is 0 Å². The minimum Gasteiger partial charge on any atom is -0.355 e. The van der Waals surface area contributed by atoms with E-state index in [4.69, 9.17) is 0 Å². The Morgan fingerprint density at radius 1 is 1.20 bits per heavy atom. The molecule has 1 fully saturated rings. The van der Waals surface area contributed by atoms with Gasteiger partial charge in [0.1, 0.15) is 4.21 Å². The topological polar surface area (TPSA) is 75.3 Å². The number of carbonyl (C=O) groups excluding carboxylic acids is 1. The highest BCUT2D eigenvalue weighted by atomic mass is 32.2. The van der Waals surface area contributed by atoms with E-state index in [1.807, 2.05) is 12.1 Å². The quantitative estimate of drug-likeness (QED) is 0.691. The van der Waals surface area contributed by atoms with E-state index in [2.05, 4.69) is 17.0 Å². The third kappa shape index (κ3) is 3.88. The summed E-state index contributed by atoms with van der Waals surface area (Å²) in [6, 6.07) is 10.4. The van der Waals surface area contributed by atoms with Crippen LogP contribution < -0.4 is 10.0 Å². The summed E-state index contributed by atoms with van der Waals surface area (Å²) in [7, 11) is -3.54. The van der Waals surface area contributed by atoms with Crippen molar-refractivity contribution >= 4 is 33.0 Å². The van der Waals surface area contributed by atoms with Crippen molar-refractivity contribution in [2.24, 2.45) is 0 Å². The molecular formula is C18H22N2O3S2. The molecule has 0 bridgehead atoms. The minimum atomic E-state index is -3.54. The van der Waals surface area contributed by atoms with Gasteiger partial charge in [-0.3, -0.25) is 9.52 Å². The molecule has 1 aromatic carbocycles. The molecule has 2 aromatic rings. The van der Waals surface area contributed by atoms with Crippen LogP contribution in [0.2, 0.25) is 0 Å². The van der Waals surface area contributed by atoms with Crippen LogP contribution in [0.4, 0.5) is 5.69 Å². The van der Waals surface area contributed by atoms with Crippen LogP contribution in [0.15, 0.2) is 46.0 Å². The zero-order valence-electron chi connectivity index (χ0n) is 14.1. The normalized spacial score (nSPS) is 15.6. The van der Waals surface area contributed by atoms with Crippen molar-refractivity contribution in [3.63, 3.8) is 0 Å². The van der Waals surface area contributed by atoms with Crippen molar-refractivity contribution in [1.29, 1.82) is 0 Å². The van der Waals surface area contributed by atoms with Gasteiger partial charge in [-0.1, -0.05) is 31.5 Å². The minimum absolute atomic E-state index is 0.0767. The van der Waals surface area contributed by atoms with Crippen LogP contribution in [0, 0.1) is 0 Å². The van der Waals surface area contributed by atoms with Crippen LogP contribution in [0.25, 0.3) is 0 Å². The molecule has 2 N–H and O–H groups in total. The van der Waals surface area contributed by atoms with Crippen LogP contribution in [0.3, 0.4) is 0 Å². The lowest BCUT2D eigenvalue weighted by Crippen LogP contribution is -2.35. The predicted octanol–water partition coefficient (Wildman–Crippen LogP) is 3.50. The lowest BCUT2D eigenvalue weighted by Gasteiger charge is -2.16. The smallest absolute Gasteiger partial charge is 0.271 e. The molecule has 134 valence electrons. The van der Waals surface area contributed by atoms with Gasteiger partial charge in [-0.25, -0.2) is 8.42 Å². The van der Waals surface area contributed by atoms with E-state index >= 15 is 0 Å². The Labute approximate surface area is 152 Å². The summed E-state index contributed by atoms with van der Waals surface area (Å²) >= 11 is 1.18. The maximum atomic E-state index is 12.5. The summed E-state index contributed by atoms with van der Waals surface area (Å²) in [6.45, 7) is 2.80. The highest BCUT2D eigenvalue weighted by Gasteiger charge is 2.50. The average molecular weight is 379 g/mol. The first-order chi connectivity index (χ1) is 12.0. The van der Waals surface area contributed by atoms with E-state index in [9.17, 15) is 13.2 Å². The van der Waals surface area contributed by atoms with Gasteiger partial charge in [-0.15, -0.1) is 11.3 Å². The van der Waals surface area contributed by atoms with E-state index in [-0.39, 0.29) is 10.1 Å². The lowest BCUT2D eigenvalue weighted by atomic mass is 9.94. The van der Waals surface area contributed by atoms with E-state index < -0.39 is 15.4 Å². The Hall–Kier alpha value is -1.86. The summed E-state index contributed by atoms with van der Waals surface area (Å²) in [4.78, 5) is 12.5. The summed E-state index contributed by atoms with van der Waals surface area (Å²) in [5.41, 5.74) is 1.01. The Balaban J connectivity index is 1.69. The zero-order chi connectivity index (χ0) is 17.9. The first-order valence-electron chi connectivity index (χ1n) is 8.43. The molecule has 1 aliphatic rings. The van der Waals surface area contributed by atoms with Crippen molar-refractivity contribution < 1.29 is 13.2 Å². The number of hydrogen-bond acceptors (Lipinski definition) is 4. The van der Waals surface area contributed by atoms with E-state index in [1.165, 1.54) is 11.3 Å². The first kappa shape index (κ1) is 17.9. The highest BCUT2D eigenvalue weighted by molar-refractivity contribution is 7.94. The molecule has 25 heavy (non-hydrogen) atoms. The average Bonchev–Trinajstić information content (AvgIpc) is 3.20. The van der Waals surface area contributed by atoms with Crippen LogP contribution in [0.1, 0.15) is 38.2 Å². The molecule has 0 saturated heterocycles. The number of rotatable bonds is 8. The molecule has 0 radical (unpaired) electrons. The van der Waals surface area contributed by atoms with Crippen LogP contribution in [-0.2, 0) is 20.2 Å². The fourth-order valence-electron chi connectivity index (χ4n) is 2.80. The van der Waals surface area contributed by atoms with Crippen molar-refractivity contribution in [2.75, 3.05) is 11.3 Å². The molecule has 0 aliphatic heterocycles. The third-order valence-electron chi connectivity index (χ3n) is 4.45. The number of anilines is 1. The van der Waals surface area contributed by atoms with Gasteiger partial charge in [0.05, 0.1) is 5.41 Å². The van der Waals surface area contributed by atoms with Gasteiger partial charge in [0.15, 0.2) is 0 Å². The van der Waals surface area contributed by atoms with Gasteiger partial charge < -0.3 is 5.32 Å². The first-order valence-corrected chi connectivity index (χ1v) is 10.8. The number of hydrogen-bond donors (Lipinski definition) is 2. The Morgan fingerprint density at radius 3 is 2.48 bits per heavy atom. The molecule has 0 atom stereocenters. The Kier molecular flexibility index (Phi) is 5.15. The van der Waals surface area contributed by atoms with E-state index in [0.29, 0.717) is 12.2 Å². The summed E-state index contributed by atoms with van der Waals surface area (Å²) in [5.74, 6) is 0.0767. The molecule has 1 saturated carbocycles. The molecule has 0 unspecified atom stereocenters. The van der Waals surface area contributed by atoms with Gasteiger partial charge in [0, 0.05) is 12.2 Å². The Morgan fingerprint density at radius 2 is 1.92 bits per heavy atom. The maximum absolute atomic E-state index is 12.5.